The summed E-state index contributed by atoms with van der Waals surface area (Å²) < 4.78 is 6.11. The molecule has 0 amide bonds. The second kappa shape index (κ2) is 3.53. The van der Waals surface area contributed by atoms with E-state index in [9.17, 15) is 0 Å². The third-order valence-corrected chi connectivity index (χ3v) is 2.73. The van der Waals surface area contributed by atoms with Crippen LogP contribution in [0.1, 0.15) is 5.69 Å². The first-order valence-electron chi connectivity index (χ1n) is 4.17. The van der Waals surface area contributed by atoms with Crippen molar-refractivity contribution < 1.29 is 4.74 Å². The minimum absolute atomic E-state index is 0.788. The molecule has 1 heterocycles. The van der Waals surface area contributed by atoms with Gasteiger partial charge in [-0.25, -0.2) is 9.97 Å². The van der Waals surface area contributed by atoms with E-state index in [0.717, 1.165) is 26.8 Å². The average molecular weight is 253 g/mol. The van der Waals surface area contributed by atoms with Crippen molar-refractivity contribution in [3.63, 3.8) is 0 Å². The molecule has 0 unspecified atom stereocenters. The molecule has 0 spiro atoms. The number of aromatic nitrogens is 2. The average Bonchev–Trinajstić information content (AvgIpc) is 2.19. The Kier molecular flexibility index (Phi) is 2.37. The summed E-state index contributed by atoms with van der Waals surface area (Å²) >= 11 is 3.43. The van der Waals surface area contributed by atoms with Crippen LogP contribution >= 0.6 is 15.9 Å². The van der Waals surface area contributed by atoms with Gasteiger partial charge in [-0.2, -0.15) is 0 Å². The predicted octanol–water partition coefficient (Wildman–Crippen LogP) is 2.71. The van der Waals surface area contributed by atoms with E-state index in [1.54, 1.807) is 13.4 Å². The van der Waals surface area contributed by atoms with Gasteiger partial charge in [-0.3, -0.25) is 0 Å². The van der Waals surface area contributed by atoms with Gasteiger partial charge in [0.05, 0.1) is 17.1 Å². The van der Waals surface area contributed by atoms with Crippen LogP contribution in [0.3, 0.4) is 0 Å². The van der Waals surface area contributed by atoms with Crippen molar-refractivity contribution in [3.8, 4) is 5.75 Å². The highest BCUT2D eigenvalue weighted by Crippen LogP contribution is 2.29. The molecule has 0 aliphatic heterocycles. The molecule has 4 heteroatoms. The van der Waals surface area contributed by atoms with Gasteiger partial charge in [-0.1, -0.05) is 0 Å². The quantitative estimate of drug-likeness (QED) is 0.783. The minimum Gasteiger partial charge on any atom is -0.495 e. The molecule has 3 nitrogen and oxygen atoms in total. The molecular weight excluding hydrogens is 244 g/mol. The van der Waals surface area contributed by atoms with Gasteiger partial charge >= 0.3 is 0 Å². The number of rotatable bonds is 1. The molecule has 0 atom stereocenters. The summed E-state index contributed by atoms with van der Waals surface area (Å²) in [6.07, 6.45) is 1.56. The van der Waals surface area contributed by atoms with Crippen molar-refractivity contribution in [2.24, 2.45) is 0 Å². The lowest BCUT2D eigenvalue weighted by atomic mass is 10.2. The van der Waals surface area contributed by atoms with E-state index in [4.69, 9.17) is 4.74 Å². The molecule has 1 aromatic heterocycles. The van der Waals surface area contributed by atoms with Crippen LogP contribution < -0.4 is 4.74 Å². The van der Waals surface area contributed by atoms with Crippen LogP contribution in [0.4, 0.5) is 0 Å². The standard InChI is InChI=1S/C10H9BrN2O/c1-6-7-3-8(11)10(14-2)4-9(7)13-5-12-6/h3-5H,1-2H3. The minimum atomic E-state index is 0.788. The number of aryl methyl sites for hydroxylation is 1. The molecule has 0 aliphatic carbocycles. The maximum Gasteiger partial charge on any atom is 0.135 e. The van der Waals surface area contributed by atoms with Crippen LogP contribution in [-0.2, 0) is 0 Å². The van der Waals surface area contributed by atoms with E-state index in [1.807, 2.05) is 19.1 Å². The monoisotopic (exact) mass is 252 g/mol. The second-order valence-electron chi connectivity index (χ2n) is 2.96. The van der Waals surface area contributed by atoms with Crippen molar-refractivity contribution >= 4 is 26.8 Å². The molecule has 0 radical (unpaired) electrons. The third kappa shape index (κ3) is 1.46. The van der Waals surface area contributed by atoms with Crippen molar-refractivity contribution in [3.05, 3.63) is 28.6 Å². The number of hydrogen-bond acceptors (Lipinski definition) is 3. The molecule has 14 heavy (non-hydrogen) atoms. The van der Waals surface area contributed by atoms with Crippen molar-refractivity contribution in [2.75, 3.05) is 7.11 Å². The molecule has 0 fully saturated rings. The van der Waals surface area contributed by atoms with Crippen molar-refractivity contribution in [2.45, 2.75) is 6.92 Å². The summed E-state index contributed by atoms with van der Waals surface area (Å²) in [5.41, 5.74) is 1.87. The first-order chi connectivity index (χ1) is 6.72. The van der Waals surface area contributed by atoms with Crippen LogP contribution in [0.25, 0.3) is 10.9 Å². The van der Waals surface area contributed by atoms with E-state index in [2.05, 4.69) is 25.9 Å². The number of hydrogen-bond donors (Lipinski definition) is 0. The molecule has 1 aromatic carbocycles. The number of fused-ring (bicyclic) bond motifs is 1. The zero-order valence-corrected chi connectivity index (χ0v) is 9.50. The first-order valence-corrected chi connectivity index (χ1v) is 4.96. The van der Waals surface area contributed by atoms with Crippen molar-refractivity contribution in [1.29, 1.82) is 0 Å². The fraction of sp³-hybridized carbons (Fsp3) is 0.200. The molecule has 0 bridgehead atoms. The highest BCUT2D eigenvalue weighted by molar-refractivity contribution is 9.10. The third-order valence-electron chi connectivity index (χ3n) is 2.11. The van der Waals surface area contributed by atoms with Gasteiger partial charge in [0.1, 0.15) is 12.1 Å². The SMILES string of the molecule is COc1cc2ncnc(C)c2cc1Br. The summed E-state index contributed by atoms with van der Waals surface area (Å²) in [6.45, 7) is 1.96. The summed E-state index contributed by atoms with van der Waals surface area (Å²) in [5, 5.41) is 1.04. The smallest absolute Gasteiger partial charge is 0.135 e. The van der Waals surface area contributed by atoms with Crippen LogP contribution in [0, 0.1) is 6.92 Å². The van der Waals surface area contributed by atoms with Crippen LogP contribution in [0.2, 0.25) is 0 Å². The highest BCUT2D eigenvalue weighted by atomic mass is 79.9. The first kappa shape index (κ1) is 9.40. The van der Waals surface area contributed by atoms with Gasteiger partial charge in [0.25, 0.3) is 0 Å². The lowest BCUT2D eigenvalue weighted by molar-refractivity contribution is 0.412. The number of ether oxygens (including phenoxy) is 1. The fourth-order valence-corrected chi connectivity index (χ4v) is 1.85. The maximum absolute atomic E-state index is 5.19. The Morgan fingerprint density at radius 1 is 1.29 bits per heavy atom. The zero-order chi connectivity index (χ0) is 10.1. The summed E-state index contributed by atoms with van der Waals surface area (Å²) in [6, 6.07) is 3.87. The topological polar surface area (TPSA) is 35.0 Å². The lowest BCUT2D eigenvalue weighted by Crippen LogP contribution is -1.90. The highest BCUT2D eigenvalue weighted by Gasteiger charge is 2.05. The molecule has 2 aromatic rings. The lowest BCUT2D eigenvalue weighted by Gasteiger charge is -2.05. The van der Waals surface area contributed by atoms with Gasteiger partial charge in [-0.15, -0.1) is 0 Å². The van der Waals surface area contributed by atoms with Crippen LogP contribution in [0.5, 0.6) is 5.75 Å². The number of nitrogens with zero attached hydrogens (tertiary/aromatic N) is 2. The van der Waals surface area contributed by atoms with Crippen LogP contribution in [-0.4, -0.2) is 17.1 Å². The Bertz CT molecular complexity index is 485. The maximum atomic E-state index is 5.19. The Labute approximate surface area is 90.3 Å². The van der Waals surface area contributed by atoms with Crippen LogP contribution in [0.15, 0.2) is 22.9 Å². The molecule has 0 saturated heterocycles. The predicted molar refractivity (Wildman–Crippen MR) is 58.5 cm³/mol. The number of benzene rings is 1. The number of halogens is 1. The molecular formula is C10H9BrN2O. The van der Waals surface area contributed by atoms with Gasteiger partial charge in [0, 0.05) is 17.1 Å². The van der Waals surface area contributed by atoms with Gasteiger partial charge in [0.2, 0.25) is 0 Å². The van der Waals surface area contributed by atoms with Gasteiger partial charge in [0.15, 0.2) is 0 Å². The Hall–Kier alpha value is -1.16. The second-order valence-corrected chi connectivity index (χ2v) is 3.82. The summed E-state index contributed by atoms with van der Waals surface area (Å²) in [4.78, 5) is 8.31. The van der Waals surface area contributed by atoms with Gasteiger partial charge in [-0.05, 0) is 28.9 Å². The Morgan fingerprint density at radius 3 is 2.79 bits per heavy atom. The fourth-order valence-electron chi connectivity index (χ4n) is 1.34. The zero-order valence-electron chi connectivity index (χ0n) is 7.91. The van der Waals surface area contributed by atoms with E-state index in [1.165, 1.54) is 0 Å². The summed E-state index contributed by atoms with van der Waals surface area (Å²) in [5.74, 6) is 0.788. The summed E-state index contributed by atoms with van der Waals surface area (Å²) in [7, 11) is 1.64. The van der Waals surface area contributed by atoms with E-state index >= 15 is 0 Å². The molecule has 2 rings (SSSR count). The molecule has 72 valence electrons. The van der Waals surface area contributed by atoms with E-state index in [0.29, 0.717) is 0 Å². The van der Waals surface area contributed by atoms with E-state index in [-0.39, 0.29) is 0 Å². The largest absolute Gasteiger partial charge is 0.495 e. The Balaban J connectivity index is 2.79. The van der Waals surface area contributed by atoms with Crippen molar-refractivity contribution in [1.82, 2.24) is 9.97 Å². The molecule has 0 N–H and O–H groups in total. The van der Waals surface area contributed by atoms with Gasteiger partial charge < -0.3 is 4.74 Å². The molecule has 0 saturated carbocycles. The number of methoxy groups -OCH3 is 1. The Morgan fingerprint density at radius 2 is 2.07 bits per heavy atom. The normalized spacial score (nSPS) is 10.5. The van der Waals surface area contributed by atoms with E-state index < -0.39 is 0 Å². The molecule has 0 aliphatic rings.